The molecule has 1 N–H and O–H groups in total. The van der Waals surface area contributed by atoms with Crippen LogP contribution >= 0.6 is 27.5 Å². The van der Waals surface area contributed by atoms with Gasteiger partial charge in [-0.2, -0.15) is 0 Å². The number of carbonyl (C=O) groups is 1. The maximum Gasteiger partial charge on any atom is 0.265 e. The third-order valence-corrected chi connectivity index (χ3v) is 3.98. The van der Waals surface area contributed by atoms with Crippen LogP contribution in [0.1, 0.15) is 12.5 Å². The summed E-state index contributed by atoms with van der Waals surface area (Å²) < 4.78 is 11.6. The van der Waals surface area contributed by atoms with Crippen LogP contribution in [0.25, 0.3) is 0 Å². The summed E-state index contributed by atoms with van der Waals surface area (Å²) in [5.41, 5.74) is 1.37. The van der Waals surface area contributed by atoms with Gasteiger partial charge in [0.25, 0.3) is 5.91 Å². The first-order chi connectivity index (χ1) is 12.5. The molecule has 0 aliphatic carbocycles. The molecule has 6 nitrogen and oxygen atoms in total. The highest BCUT2D eigenvalue weighted by atomic mass is 79.9. The van der Waals surface area contributed by atoms with E-state index in [-0.39, 0.29) is 12.5 Å². The van der Waals surface area contributed by atoms with Crippen molar-refractivity contribution in [2.45, 2.75) is 6.92 Å². The van der Waals surface area contributed by atoms with Crippen molar-refractivity contribution in [3.05, 3.63) is 51.5 Å². The summed E-state index contributed by atoms with van der Waals surface area (Å²) in [7, 11) is 1.57. The highest BCUT2D eigenvalue weighted by Crippen LogP contribution is 2.36. The Bertz CT molecular complexity index is 782. The van der Waals surface area contributed by atoms with E-state index in [0.29, 0.717) is 28.8 Å². The van der Waals surface area contributed by atoms with Crippen LogP contribution in [0.3, 0.4) is 0 Å². The molecule has 8 heteroatoms. The molecule has 26 heavy (non-hydrogen) atoms. The van der Waals surface area contributed by atoms with Crippen LogP contribution in [0.2, 0.25) is 5.02 Å². The minimum absolute atomic E-state index is 0.214. The van der Waals surface area contributed by atoms with Crippen molar-refractivity contribution in [3.8, 4) is 11.5 Å². The van der Waals surface area contributed by atoms with Crippen LogP contribution in [0, 0.1) is 0 Å². The van der Waals surface area contributed by atoms with E-state index in [1.54, 1.807) is 37.4 Å². The standard InChI is InChI=1S/C18H18BrClN2O4/c1-3-25-16-9-12(8-15(19)18(16)24-2)10-21-26-11-17(23)22-14-6-4-13(20)5-7-14/h4-10H,3,11H2,1-2H3,(H,22,23)/b21-10+. The molecule has 2 aromatic carbocycles. The highest BCUT2D eigenvalue weighted by Gasteiger charge is 2.10. The molecular formula is C18H18BrClN2O4. The number of amides is 1. The number of oxime groups is 1. The summed E-state index contributed by atoms with van der Waals surface area (Å²) >= 11 is 9.21. The average Bonchev–Trinajstić information content (AvgIpc) is 2.61. The molecule has 0 heterocycles. The first-order valence-corrected chi connectivity index (χ1v) is 8.91. The van der Waals surface area contributed by atoms with Gasteiger partial charge in [-0.05, 0) is 59.3 Å². The lowest BCUT2D eigenvalue weighted by atomic mass is 10.2. The predicted molar refractivity (Wildman–Crippen MR) is 105 cm³/mol. The first kappa shape index (κ1) is 20.1. The van der Waals surface area contributed by atoms with Gasteiger partial charge in [-0.1, -0.05) is 16.8 Å². The molecule has 0 fully saturated rings. The topological polar surface area (TPSA) is 69.2 Å². The molecule has 1 amide bonds. The van der Waals surface area contributed by atoms with Crippen molar-refractivity contribution in [2.75, 3.05) is 25.6 Å². The predicted octanol–water partition coefficient (Wildman–Crippen LogP) is 4.50. The van der Waals surface area contributed by atoms with E-state index in [0.717, 1.165) is 10.0 Å². The fraction of sp³-hybridized carbons (Fsp3) is 0.222. The summed E-state index contributed by atoms with van der Waals surface area (Å²) in [6.07, 6.45) is 1.49. The fourth-order valence-corrected chi connectivity index (χ4v) is 2.80. The molecule has 138 valence electrons. The number of ether oxygens (including phenoxy) is 2. The molecule has 0 atom stereocenters. The van der Waals surface area contributed by atoms with Gasteiger partial charge >= 0.3 is 0 Å². The normalized spacial score (nSPS) is 10.6. The number of anilines is 1. The zero-order chi connectivity index (χ0) is 18.9. The minimum atomic E-state index is -0.324. The molecule has 2 rings (SSSR count). The number of hydrogen-bond donors (Lipinski definition) is 1. The second-order valence-electron chi connectivity index (χ2n) is 5.03. The van der Waals surface area contributed by atoms with Crippen molar-refractivity contribution in [2.24, 2.45) is 5.16 Å². The number of halogens is 2. The molecule has 0 bridgehead atoms. The Kier molecular flexibility index (Phi) is 7.74. The number of hydrogen-bond acceptors (Lipinski definition) is 5. The molecule has 0 saturated heterocycles. The zero-order valence-corrected chi connectivity index (χ0v) is 16.6. The van der Waals surface area contributed by atoms with E-state index in [1.165, 1.54) is 6.21 Å². The van der Waals surface area contributed by atoms with Gasteiger partial charge in [0.05, 0.1) is 24.4 Å². The van der Waals surface area contributed by atoms with Crippen LogP contribution in [0.4, 0.5) is 5.69 Å². The lowest BCUT2D eigenvalue weighted by Crippen LogP contribution is -2.16. The lowest BCUT2D eigenvalue weighted by Gasteiger charge is -2.11. The second kappa shape index (κ2) is 10.0. The summed E-state index contributed by atoms with van der Waals surface area (Å²) in [6, 6.07) is 10.4. The Morgan fingerprint density at radius 1 is 1.31 bits per heavy atom. The molecule has 0 aromatic heterocycles. The summed E-state index contributed by atoms with van der Waals surface area (Å²) in [6.45, 7) is 2.18. The third-order valence-electron chi connectivity index (χ3n) is 3.14. The van der Waals surface area contributed by atoms with E-state index in [4.69, 9.17) is 25.9 Å². The van der Waals surface area contributed by atoms with Gasteiger partial charge in [0.1, 0.15) is 0 Å². The molecular weight excluding hydrogens is 424 g/mol. The Morgan fingerprint density at radius 2 is 2.04 bits per heavy atom. The van der Waals surface area contributed by atoms with Crippen molar-refractivity contribution in [1.82, 2.24) is 0 Å². The van der Waals surface area contributed by atoms with E-state index >= 15 is 0 Å². The van der Waals surface area contributed by atoms with Crippen LogP contribution < -0.4 is 14.8 Å². The number of rotatable bonds is 8. The van der Waals surface area contributed by atoms with Gasteiger partial charge in [-0.15, -0.1) is 0 Å². The fourth-order valence-electron chi connectivity index (χ4n) is 2.05. The van der Waals surface area contributed by atoms with E-state index in [9.17, 15) is 4.79 Å². The second-order valence-corrected chi connectivity index (χ2v) is 6.32. The number of methoxy groups -OCH3 is 1. The van der Waals surface area contributed by atoms with Gasteiger partial charge < -0.3 is 19.6 Å². The summed E-state index contributed by atoms with van der Waals surface area (Å²) in [5.74, 6) is 0.869. The van der Waals surface area contributed by atoms with Crippen molar-refractivity contribution in [3.63, 3.8) is 0 Å². The smallest absolute Gasteiger partial charge is 0.265 e. The lowest BCUT2D eigenvalue weighted by molar-refractivity contribution is -0.120. The largest absolute Gasteiger partial charge is 0.492 e. The first-order valence-electron chi connectivity index (χ1n) is 7.74. The van der Waals surface area contributed by atoms with Crippen LogP contribution in [-0.2, 0) is 9.63 Å². The number of nitrogens with one attached hydrogen (secondary N) is 1. The maximum atomic E-state index is 11.8. The molecule has 0 radical (unpaired) electrons. The molecule has 0 unspecified atom stereocenters. The monoisotopic (exact) mass is 440 g/mol. The van der Waals surface area contributed by atoms with Crippen molar-refractivity contribution < 1.29 is 19.1 Å². The van der Waals surface area contributed by atoms with Gasteiger partial charge in [0, 0.05) is 16.3 Å². The molecule has 0 aliphatic rings. The Morgan fingerprint density at radius 3 is 2.69 bits per heavy atom. The van der Waals surface area contributed by atoms with Gasteiger partial charge in [0.2, 0.25) is 0 Å². The van der Waals surface area contributed by atoms with Crippen molar-refractivity contribution in [1.29, 1.82) is 0 Å². The van der Waals surface area contributed by atoms with Gasteiger partial charge in [0.15, 0.2) is 18.1 Å². The van der Waals surface area contributed by atoms with E-state index < -0.39 is 0 Å². The van der Waals surface area contributed by atoms with E-state index in [1.807, 2.05) is 13.0 Å². The SMILES string of the molecule is CCOc1cc(/C=N/OCC(=O)Nc2ccc(Cl)cc2)cc(Br)c1OC. The Hall–Kier alpha value is -2.25. The number of carbonyl (C=O) groups excluding carboxylic acids is 1. The summed E-state index contributed by atoms with van der Waals surface area (Å²) in [4.78, 5) is 16.8. The average molecular weight is 442 g/mol. The highest BCUT2D eigenvalue weighted by molar-refractivity contribution is 9.10. The van der Waals surface area contributed by atoms with Crippen LogP contribution in [0.15, 0.2) is 46.0 Å². The summed E-state index contributed by atoms with van der Waals surface area (Å²) in [5, 5.41) is 7.09. The quantitative estimate of drug-likeness (QED) is 0.484. The third kappa shape index (κ3) is 5.93. The van der Waals surface area contributed by atoms with Gasteiger partial charge in [-0.3, -0.25) is 4.79 Å². The molecule has 0 spiro atoms. The molecule has 0 aliphatic heterocycles. The molecule has 0 saturated carbocycles. The zero-order valence-electron chi connectivity index (χ0n) is 14.3. The van der Waals surface area contributed by atoms with Gasteiger partial charge in [-0.25, -0.2) is 0 Å². The minimum Gasteiger partial charge on any atom is -0.492 e. The van der Waals surface area contributed by atoms with Crippen molar-refractivity contribution >= 4 is 45.3 Å². The van der Waals surface area contributed by atoms with E-state index in [2.05, 4.69) is 26.4 Å². The van der Waals surface area contributed by atoms with Crippen LogP contribution in [0.5, 0.6) is 11.5 Å². The Labute approximate surface area is 165 Å². The van der Waals surface area contributed by atoms with Crippen LogP contribution in [-0.4, -0.2) is 32.4 Å². The number of benzene rings is 2. The molecule has 2 aromatic rings. The number of nitrogens with zero attached hydrogens (tertiary/aromatic N) is 1. The Balaban J connectivity index is 1.91. The maximum absolute atomic E-state index is 11.8.